The highest BCUT2D eigenvalue weighted by Gasteiger charge is 2.15. The molecule has 0 fully saturated rings. The minimum absolute atomic E-state index is 0.316. The van der Waals surface area contributed by atoms with Crippen LogP contribution >= 0.6 is 0 Å². The Balaban J connectivity index is 1.41. The molecule has 1 heterocycles. The van der Waals surface area contributed by atoms with Gasteiger partial charge in [0.1, 0.15) is 23.1 Å². The Bertz CT molecular complexity index is 1670. The Morgan fingerprint density at radius 1 is 0.756 bits per heavy atom. The number of benzene rings is 4. The number of carbonyl (C=O) groups is 1. The van der Waals surface area contributed by atoms with Crippen LogP contribution in [0.4, 0.5) is 17.1 Å². The molecule has 5 aromatic rings. The van der Waals surface area contributed by atoms with E-state index in [1.165, 1.54) is 6.08 Å². The predicted octanol–water partition coefficient (Wildman–Crippen LogP) is 6.88. The summed E-state index contributed by atoms with van der Waals surface area (Å²) < 4.78 is 16.6. The first-order valence-electron chi connectivity index (χ1n) is 12.5. The van der Waals surface area contributed by atoms with Gasteiger partial charge in [0.05, 0.1) is 14.2 Å². The number of rotatable bonds is 9. The number of carboxylic acids is 1. The highest BCUT2D eigenvalue weighted by molar-refractivity contribution is 5.96. The number of methoxy groups -OCH3 is 2. The van der Waals surface area contributed by atoms with E-state index in [4.69, 9.17) is 24.3 Å². The molecule has 0 aliphatic carbocycles. The van der Waals surface area contributed by atoms with Crippen molar-refractivity contribution < 1.29 is 23.8 Å². The molecular formula is C32H24N4O5. The Kier molecular flexibility index (Phi) is 7.74. The molecule has 0 aliphatic rings. The van der Waals surface area contributed by atoms with Crippen LogP contribution in [0.1, 0.15) is 5.56 Å². The van der Waals surface area contributed by atoms with Crippen molar-refractivity contribution in [2.24, 2.45) is 0 Å². The monoisotopic (exact) mass is 544 g/mol. The third kappa shape index (κ3) is 5.92. The maximum atomic E-state index is 11.1. The molecule has 202 valence electrons. The van der Waals surface area contributed by atoms with Crippen LogP contribution in [0.15, 0.2) is 107 Å². The van der Waals surface area contributed by atoms with Crippen LogP contribution in [0.2, 0.25) is 0 Å². The van der Waals surface area contributed by atoms with E-state index >= 15 is 0 Å². The van der Waals surface area contributed by atoms with Gasteiger partial charge in [0.2, 0.25) is 11.8 Å². The van der Waals surface area contributed by atoms with Crippen LogP contribution in [-0.4, -0.2) is 35.5 Å². The van der Waals surface area contributed by atoms with Gasteiger partial charge < -0.3 is 23.9 Å². The lowest BCUT2D eigenvalue weighted by molar-refractivity contribution is -0.132. The van der Waals surface area contributed by atoms with Gasteiger partial charge in [-0.05, 0) is 96.6 Å². The van der Waals surface area contributed by atoms with Crippen LogP contribution in [0.25, 0.3) is 29.0 Å². The smallest absolute Gasteiger partial charge is 0.346 e. The molecule has 0 radical (unpaired) electrons. The fourth-order valence-corrected chi connectivity index (χ4v) is 4.15. The van der Waals surface area contributed by atoms with Gasteiger partial charge in [-0.3, -0.25) is 0 Å². The molecule has 41 heavy (non-hydrogen) atoms. The Morgan fingerprint density at radius 2 is 1.17 bits per heavy atom. The second-order valence-electron chi connectivity index (χ2n) is 8.79. The molecule has 0 spiro atoms. The summed E-state index contributed by atoms with van der Waals surface area (Å²) in [5.41, 5.74) is 4.46. The Hall–Kier alpha value is -5.88. The molecule has 0 unspecified atom stereocenters. The zero-order chi connectivity index (χ0) is 28.8. The molecule has 0 atom stereocenters. The number of hydrogen-bond donors (Lipinski definition) is 1. The minimum Gasteiger partial charge on any atom is -0.497 e. The summed E-state index contributed by atoms with van der Waals surface area (Å²) in [7, 11) is 3.27. The lowest BCUT2D eigenvalue weighted by Crippen LogP contribution is -2.09. The number of ether oxygens (including phenoxy) is 2. The van der Waals surface area contributed by atoms with Crippen molar-refractivity contribution in [3.8, 4) is 40.5 Å². The lowest BCUT2D eigenvalue weighted by atomic mass is 10.1. The second kappa shape index (κ2) is 11.9. The number of nitrogens with zero attached hydrogens (tertiary/aromatic N) is 4. The van der Waals surface area contributed by atoms with Crippen LogP contribution in [0.3, 0.4) is 0 Å². The molecule has 0 amide bonds. The average Bonchev–Trinajstić information content (AvgIpc) is 3.52. The van der Waals surface area contributed by atoms with Crippen molar-refractivity contribution in [3.05, 3.63) is 108 Å². The summed E-state index contributed by atoms with van der Waals surface area (Å²) in [6.07, 6.45) is 1.30. The largest absolute Gasteiger partial charge is 0.497 e. The van der Waals surface area contributed by atoms with Gasteiger partial charge in [-0.2, -0.15) is 5.26 Å². The maximum Gasteiger partial charge on any atom is 0.346 e. The Labute approximate surface area is 236 Å². The van der Waals surface area contributed by atoms with E-state index < -0.39 is 5.97 Å². The summed E-state index contributed by atoms with van der Waals surface area (Å²) in [6.45, 7) is 0. The first kappa shape index (κ1) is 26.7. The predicted molar refractivity (Wildman–Crippen MR) is 154 cm³/mol. The van der Waals surface area contributed by atoms with E-state index in [-0.39, 0.29) is 5.57 Å². The highest BCUT2D eigenvalue weighted by atomic mass is 16.5. The zero-order valence-corrected chi connectivity index (χ0v) is 22.2. The number of aromatic nitrogens is 2. The average molecular weight is 545 g/mol. The van der Waals surface area contributed by atoms with Crippen LogP contribution in [-0.2, 0) is 4.79 Å². The van der Waals surface area contributed by atoms with Crippen molar-refractivity contribution in [2.45, 2.75) is 0 Å². The molecule has 9 nitrogen and oxygen atoms in total. The van der Waals surface area contributed by atoms with E-state index in [9.17, 15) is 4.79 Å². The third-order valence-electron chi connectivity index (χ3n) is 6.28. The highest BCUT2D eigenvalue weighted by Crippen LogP contribution is 2.37. The van der Waals surface area contributed by atoms with E-state index in [0.29, 0.717) is 22.9 Å². The number of aliphatic carboxylic acids is 1. The molecule has 1 aromatic heterocycles. The number of carboxylic acid groups (broad SMARTS) is 1. The normalized spacial score (nSPS) is 11.0. The van der Waals surface area contributed by atoms with E-state index in [2.05, 4.69) is 15.1 Å². The molecule has 1 N–H and O–H groups in total. The van der Waals surface area contributed by atoms with Crippen molar-refractivity contribution in [3.63, 3.8) is 0 Å². The minimum atomic E-state index is -1.28. The summed E-state index contributed by atoms with van der Waals surface area (Å²) in [5, 5.41) is 26.4. The fourth-order valence-electron chi connectivity index (χ4n) is 4.15. The first-order valence-corrected chi connectivity index (χ1v) is 12.5. The molecule has 0 bridgehead atoms. The van der Waals surface area contributed by atoms with Crippen molar-refractivity contribution in [1.29, 1.82) is 5.26 Å². The van der Waals surface area contributed by atoms with E-state index in [1.54, 1.807) is 44.6 Å². The number of hydrogen-bond acceptors (Lipinski definition) is 8. The molecular weight excluding hydrogens is 520 g/mol. The van der Waals surface area contributed by atoms with E-state index in [0.717, 1.165) is 34.1 Å². The molecule has 5 rings (SSSR count). The van der Waals surface area contributed by atoms with Gasteiger partial charge in [0, 0.05) is 28.2 Å². The van der Waals surface area contributed by atoms with E-state index in [1.807, 2.05) is 72.8 Å². The quantitative estimate of drug-likeness (QED) is 0.156. The van der Waals surface area contributed by atoms with Crippen LogP contribution in [0.5, 0.6) is 11.5 Å². The lowest BCUT2D eigenvalue weighted by Gasteiger charge is -2.25. The molecule has 0 aliphatic heterocycles. The van der Waals surface area contributed by atoms with Gasteiger partial charge in [-0.15, -0.1) is 10.2 Å². The van der Waals surface area contributed by atoms with Crippen LogP contribution in [0, 0.1) is 11.3 Å². The summed E-state index contributed by atoms with van der Waals surface area (Å²) in [4.78, 5) is 13.2. The van der Waals surface area contributed by atoms with Crippen molar-refractivity contribution in [2.75, 3.05) is 19.1 Å². The fraction of sp³-hybridized carbons (Fsp3) is 0.0625. The summed E-state index contributed by atoms with van der Waals surface area (Å²) >= 11 is 0. The SMILES string of the molecule is COc1ccc(N(c2ccc(OC)cc2)c2ccc(-c3nnc(-c4ccc(/C=C(/C#N)C(=O)O)cc4)o3)cc2)cc1. The number of nitriles is 1. The topological polar surface area (TPSA) is 122 Å². The second-order valence-corrected chi connectivity index (χ2v) is 8.79. The van der Waals surface area contributed by atoms with Gasteiger partial charge in [-0.25, -0.2) is 4.79 Å². The van der Waals surface area contributed by atoms with Crippen LogP contribution < -0.4 is 14.4 Å². The van der Waals surface area contributed by atoms with Gasteiger partial charge >= 0.3 is 5.97 Å². The first-order chi connectivity index (χ1) is 20.0. The molecule has 9 heteroatoms. The third-order valence-corrected chi connectivity index (χ3v) is 6.28. The number of anilines is 3. The van der Waals surface area contributed by atoms with Gasteiger partial charge in [0.25, 0.3) is 0 Å². The molecule has 0 saturated heterocycles. The molecule has 4 aromatic carbocycles. The van der Waals surface area contributed by atoms with Crippen molar-refractivity contribution >= 4 is 29.1 Å². The molecule has 0 saturated carbocycles. The maximum absolute atomic E-state index is 11.1. The summed E-state index contributed by atoms with van der Waals surface area (Å²) in [5.74, 6) is 0.929. The van der Waals surface area contributed by atoms with Crippen molar-refractivity contribution in [1.82, 2.24) is 10.2 Å². The standard InChI is InChI=1S/C32H24N4O5/c1-39-28-15-11-26(12-16-28)36(27-13-17-29(40-2)18-14-27)25-9-7-23(8-10-25)31-35-34-30(41-31)22-5-3-21(4-6-22)19-24(20-33)32(37)38/h3-19H,1-2H3,(H,37,38)/b24-19-. The van der Waals surface area contributed by atoms with Gasteiger partial charge in [-0.1, -0.05) is 12.1 Å². The van der Waals surface area contributed by atoms with Gasteiger partial charge in [0.15, 0.2) is 0 Å². The Morgan fingerprint density at radius 3 is 1.56 bits per heavy atom. The summed E-state index contributed by atoms with van der Waals surface area (Å²) in [6, 6.07) is 31.9. The zero-order valence-electron chi connectivity index (χ0n) is 22.2.